The van der Waals surface area contributed by atoms with Gasteiger partial charge in [0.2, 0.25) is 0 Å². The quantitative estimate of drug-likeness (QED) is 0.174. The molecule has 0 saturated heterocycles. The van der Waals surface area contributed by atoms with Crippen LogP contribution in [0.1, 0.15) is 47.2 Å². The average molecular weight is 791 g/mol. The minimum atomic E-state index is -0.503. The normalized spacial score (nSPS) is 13.9. The third-order valence-electron chi connectivity index (χ3n) is 13.6. The highest BCUT2D eigenvalue weighted by molar-refractivity contribution is 6.05. The number of nitrogens with zero attached hydrogens (tertiary/aromatic N) is 2. The molecule has 2 heteroatoms. The Balaban J connectivity index is 1.08. The van der Waals surface area contributed by atoms with Crippen molar-refractivity contribution in [2.24, 2.45) is 0 Å². The lowest BCUT2D eigenvalue weighted by Crippen LogP contribution is -2.40. The highest BCUT2D eigenvalue weighted by atomic mass is 14.9. The van der Waals surface area contributed by atoms with Crippen LogP contribution in [0.2, 0.25) is 0 Å². The molecule has 1 heterocycles. The maximum Gasteiger partial charge on any atom is 0.160 e. The van der Waals surface area contributed by atoms with Crippen molar-refractivity contribution < 1.29 is 0 Å². The van der Waals surface area contributed by atoms with Crippen molar-refractivity contribution in [1.82, 2.24) is 9.97 Å². The van der Waals surface area contributed by atoms with Crippen LogP contribution in [0, 0.1) is 0 Å². The molecule has 0 unspecified atom stereocenters. The van der Waals surface area contributed by atoms with Crippen LogP contribution in [0.25, 0.3) is 78.1 Å². The third-order valence-corrected chi connectivity index (χ3v) is 13.6. The molecule has 0 radical (unpaired) electrons. The van der Waals surface area contributed by atoms with Crippen LogP contribution in [0.4, 0.5) is 0 Å². The van der Waals surface area contributed by atoms with E-state index in [4.69, 9.17) is 9.97 Å². The fraction of sp³-hybridized carbons (Fsp3) is 0.0667. The predicted molar refractivity (Wildman–Crippen MR) is 256 cm³/mol. The third kappa shape index (κ3) is 5.29. The molecule has 12 rings (SSSR count). The molecule has 0 amide bonds. The van der Waals surface area contributed by atoms with Gasteiger partial charge in [0.1, 0.15) is 0 Å². The van der Waals surface area contributed by atoms with Gasteiger partial charge in [-0.05, 0) is 89.7 Å². The van der Waals surface area contributed by atoms with Crippen LogP contribution in [0.5, 0.6) is 0 Å². The molecule has 292 valence electrons. The highest BCUT2D eigenvalue weighted by Gasteiger charge is 2.54. The van der Waals surface area contributed by atoms with Gasteiger partial charge in [-0.3, -0.25) is 0 Å². The lowest BCUT2D eigenvalue weighted by Gasteiger charge is -2.47. The Kier molecular flexibility index (Phi) is 8.14. The number of hydrogen-bond donors (Lipinski definition) is 0. The largest absolute Gasteiger partial charge is 0.228 e. The summed E-state index contributed by atoms with van der Waals surface area (Å²) in [6.45, 7) is 4.77. The fourth-order valence-electron chi connectivity index (χ4n) is 10.8. The van der Waals surface area contributed by atoms with Gasteiger partial charge in [0, 0.05) is 22.1 Å². The molecule has 0 fully saturated rings. The Labute approximate surface area is 362 Å². The van der Waals surface area contributed by atoms with E-state index in [1.165, 1.54) is 66.6 Å². The summed E-state index contributed by atoms with van der Waals surface area (Å²) in [5, 5.41) is 2.36. The Bertz CT molecular complexity index is 3330. The van der Waals surface area contributed by atoms with Crippen molar-refractivity contribution in [3.05, 3.63) is 252 Å². The minimum absolute atomic E-state index is 0.167. The van der Waals surface area contributed by atoms with E-state index in [2.05, 4.69) is 226 Å². The van der Waals surface area contributed by atoms with E-state index < -0.39 is 5.41 Å². The van der Waals surface area contributed by atoms with Crippen LogP contribution in [-0.4, -0.2) is 9.97 Å². The van der Waals surface area contributed by atoms with E-state index >= 15 is 0 Å². The Hall–Kier alpha value is -7.68. The SMILES string of the molecule is CC1(C)c2ccccc2C2(c3ccccc3-c3cccc(-c4cccc(-c5cc(-c6ccc(-c7ccccc7)c7ccccc67)nc(-c6ccccc6)n5)c4)c32)c2ccccc21. The molecule has 0 bridgehead atoms. The smallest absolute Gasteiger partial charge is 0.160 e. The monoisotopic (exact) mass is 790 g/mol. The number of rotatable bonds is 5. The zero-order valence-corrected chi connectivity index (χ0v) is 34.7. The lowest BCUT2D eigenvalue weighted by atomic mass is 9.55. The Morgan fingerprint density at radius 3 is 1.50 bits per heavy atom. The van der Waals surface area contributed by atoms with Crippen molar-refractivity contribution in [2.45, 2.75) is 24.7 Å². The van der Waals surface area contributed by atoms with E-state index in [1.807, 2.05) is 6.07 Å². The van der Waals surface area contributed by atoms with Gasteiger partial charge in [-0.25, -0.2) is 9.97 Å². The van der Waals surface area contributed by atoms with Crippen LogP contribution < -0.4 is 0 Å². The van der Waals surface area contributed by atoms with Crippen LogP contribution in [0.3, 0.4) is 0 Å². The second kappa shape index (κ2) is 13.9. The predicted octanol–water partition coefficient (Wildman–Crippen LogP) is 15.0. The van der Waals surface area contributed by atoms with E-state index in [0.717, 1.165) is 39.0 Å². The van der Waals surface area contributed by atoms with Crippen LogP contribution in [-0.2, 0) is 10.8 Å². The molecule has 9 aromatic carbocycles. The van der Waals surface area contributed by atoms with Crippen molar-refractivity contribution in [3.8, 4) is 67.3 Å². The molecule has 2 aliphatic carbocycles. The van der Waals surface area contributed by atoms with Gasteiger partial charge in [0.25, 0.3) is 0 Å². The summed E-state index contributed by atoms with van der Waals surface area (Å²) in [5.41, 5.74) is 19.7. The molecule has 0 N–H and O–H groups in total. The van der Waals surface area contributed by atoms with Crippen molar-refractivity contribution in [3.63, 3.8) is 0 Å². The number of fused-ring (bicyclic) bond motifs is 10. The average Bonchev–Trinajstić information content (AvgIpc) is 3.64. The van der Waals surface area contributed by atoms with E-state index in [9.17, 15) is 0 Å². The first-order chi connectivity index (χ1) is 30.5. The van der Waals surface area contributed by atoms with Crippen LogP contribution in [0.15, 0.2) is 218 Å². The minimum Gasteiger partial charge on any atom is -0.228 e. The molecule has 2 aliphatic rings. The molecule has 62 heavy (non-hydrogen) atoms. The molecular formula is C60H42N2. The van der Waals surface area contributed by atoms with Gasteiger partial charge in [-0.2, -0.15) is 0 Å². The highest BCUT2D eigenvalue weighted by Crippen LogP contribution is 2.63. The standard InChI is InChI=1S/C60H42N2/c1-59(2)51-31-13-15-33-53(51)60(54-34-16-14-32-52(54)59)50-30-12-11-27-47(50)49-29-18-28-44(57(49)60)41-23-17-24-42(37-41)55-38-56(62-58(61-55)40-21-7-4-8-22-40)48-36-35-43(39-19-5-3-6-20-39)45-25-9-10-26-46(45)48/h3-38H,1-2H3. The second-order valence-corrected chi connectivity index (χ2v) is 17.2. The van der Waals surface area contributed by atoms with Gasteiger partial charge < -0.3 is 0 Å². The van der Waals surface area contributed by atoms with Crippen molar-refractivity contribution in [2.75, 3.05) is 0 Å². The summed E-state index contributed by atoms with van der Waals surface area (Å²) in [4.78, 5) is 10.6. The van der Waals surface area contributed by atoms with Crippen LogP contribution >= 0.6 is 0 Å². The zero-order valence-electron chi connectivity index (χ0n) is 34.7. The van der Waals surface area contributed by atoms with Gasteiger partial charge in [0.15, 0.2) is 5.82 Å². The fourth-order valence-corrected chi connectivity index (χ4v) is 10.8. The lowest BCUT2D eigenvalue weighted by molar-refractivity contribution is 0.563. The summed E-state index contributed by atoms with van der Waals surface area (Å²) in [7, 11) is 0. The Morgan fingerprint density at radius 2 is 0.790 bits per heavy atom. The molecule has 1 aromatic heterocycles. The van der Waals surface area contributed by atoms with E-state index in [1.54, 1.807) is 0 Å². The molecule has 0 saturated carbocycles. The molecular weight excluding hydrogens is 749 g/mol. The van der Waals surface area contributed by atoms with Crippen molar-refractivity contribution >= 4 is 10.8 Å². The van der Waals surface area contributed by atoms with E-state index in [-0.39, 0.29) is 5.41 Å². The first-order valence-electron chi connectivity index (χ1n) is 21.6. The van der Waals surface area contributed by atoms with Gasteiger partial charge >= 0.3 is 0 Å². The maximum absolute atomic E-state index is 5.33. The van der Waals surface area contributed by atoms with Gasteiger partial charge in [-0.15, -0.1) is 0 Å². The maximum atomic E-state index is 5.33. The zero-order chi connectivity index (χ0) is 41.4. The Morgan fingerprint density at radius 1 is 0.306 bits per heavy atom. The summed E-state index contributed by atoms with van der Waals surface area (Å²) in [5.74, 6) is 0.702. The molecule has 2 nitrogen and oxygen atoms in total. The summed E-state index contributed by atoms with van der Waals surface area (Å²) in [6.07, 6.45) is 0. The topological polar surface area (TPSA) is 25.8 Å². The molecule has 1 spiro atoms. The van der Waals surface area contributed by atoms with Gasteiger partial charge in [-0.1, -0.05) is 220 Å². The molecule has 0 aliphatic heterocycles. The number of hydrogen-bond acceptors (Lipinski definition) is 2. The first-order valence-corrected chi connectivity index (χ1v) is 21.6. The van der Waals surface area contributed by atoms with Crippen molar-refractivity contribution in [1.29, 1.82) is 0 Å². The van der Waals surface area contributed by atoms with E-state index in [0.29, 0.717) is 5.82 Å². The first kappa shape index (κ1) is 36.2. The summed E-state index contributed by atoms with van der Waals surface area (Å²) in [6, 6.07) is 79.7. The number of benzene rings is 9. The number of aromatic nitrogens is 2. The molecule has 0 atom stereocenters. The summed E-state index contributed by atoms with van der Waals surface area (Å²) < 4.78 is 0. The summed E-state index contributed by atoms with van der Waals surface area (Å²) >= 11 is 0. The van der Waals surface area contributed by atoms with Gasteiger partial charge in [0.05, 0.1) is 16.8 Å². The second-order valence-electron chi connectivity index (χ2n) is 17.2. The molecule has 10 aromatic rings.